The van der Waals surface area contributed by atoms with Crippen LogP contribution >= 0.6 is 11.3 Å². The van der Waals surface area contributed by atoms with Gasteiger partial charge in [-0.1, -0.05) is 35.6 Å². The predicted molar refractivity (Wildman–Crippen MR) is 112 cm³/mol. The van der Waals surface area contributed by atoms with Crippen LogP contribution in [0.15, 0.2) is 42.5 Å². The highest BCUT2D eigenvalue weighted by Gasteiger charge is 2.21. The molecule has 4 aromatic rings. The Morgan fingerprint density at radius 3 is 2.82 bits per heavy atom. The van der Waals surface area contributed by atoms with Crippen molar-refractivity contribution in [1.29, 1.82) is 5.26 Å². The average molecular weight is 386 g/mol. The van der Waals surface area contributed by atoms with Crippen LogP contribution in [0.5, 0.6) is 0 Å². The van der Waals surface area contributed by atoms with Crippen molar-refractivity contribution < 1.29 is 0 Å². The number of nitrogens with one attached hydrogen (secondary N) is 1. The molecule has 0 fully saturated rings. The molecule has 0 spiro atoms. The Morgan fingerprint density at radius 1 is 1.11 bits per heavy atom. The molecular formula is C21H18N6S. The van der Waals surface area contributed by atoms with Gasteiger partial charge in [-0.15, -0.1) is 5.10 Å². The zero-order valence-electron chi connectivity index (χ0n) is 15.1. The predicted octanol–water partition coefficient (Wildman–Crippen LogP) is 4.56. The van der Waals surface area contributed by atoms with Crippen molar-refractivity contribution in [3.63, 3.8) is 0 Å². The first-order valence-corrected chi connectivity index (χ1v) is 10.1. The lowest BCUT2D eigenvalue weighted by molar-refractivity contribution is 0.687. The first-order valence-electron chi connectivity index (χ1n) is 9.27. The maximum Gasteiger partial charge on any atom is 0.213 e. The maximum atomic E-state index is 9.68. The number of thiazole rings is 1. The molecule has 138 valence electrons. The zero-order chi connectivity index (χ0) is 19.1. The molecule has 7 heteroatoms. The summed E-state index contributed by atoms with van der Waals surface area (Å²) in [6.07, 6.45) is 4.53. The highest BCUT2D eigenvalue weighted by molar-refractivity contribution is 7.20. The number of anilines is 3. The highest BCUT2D eigenvalue weighted by Crippen LogP contribution is 2.33. The Balaban J connectivity index is 1.58. The Labute approximate surface area is 166 Å². The third-order valence-corrected chi connectivity index (χ3v) is 6.16. The fourth-order valence-electron chi connectivity index (χ4n) is 3.75. The Bertz CT molecular complexity index is 1200. The van der Waals surface area contributed by atoms with E-state index in [2.05, 4.69) is 27.5 Å². The molecule has 0 unspecified atom stereocenters. The lowest BCUT2D eigenvalue weighted by atomic mass is 9.90. The molecule has 1 aliphatic carbocycles. The van der Waals surface area contributed by atoms with Gasteiger partial charge in [-0.25, -0.2) is 4.98 Å². The van der Waals surface area contributed by atoms with Gasteiger partial charge in [0.05, 0.1) is 10.2 Å². The summed E-state index contributed by atoms with van der Waals surface area (Å²) in [7, 11) is 0. The van der Waals surface area contributed by atoms with Gasteiger partial charge in [0.25, 0.3) is 0 Å². The van der Waals surface area contributed by atoms with Crippen LogP contribution < -0.4 is 11.1 Å². The molecule has 5 rings (SSSR count). The van der Waals surface area contributed by atoms with Crippen molar-refractivity contribution in [2.45, 2.75) is 25.7 Å². The van der Waals surface area contributed by atoms with E-state index in [1.54, 1.807) is 4.68 Å². The molecule has 0 saturated heterocycles. The number of hydrogen-bond donors (Lipinski definition) is 2. The number of rotatable bonds is 3. The second-order valence-corrected chi connectivity index (χ2v) is 7.88. The summed E-state index contributed by atoms with van der Waals surface area (Å²) >= 11 is 1.50. The standard InChI is InChI=1S/C21H18N6S/c22-12-15-19(23)27(21-25-17-9-3-4-11-18(17)28-21)26-20(15)24-16-10-5-7-13-6-1-2-8-14(13)16/h3-5,7,9-11H,1-2,6,8,23H2,(H,24,26). The summed E-state index contributed by atoms with van der Waals surface area (Å²) in [5, 5.41) is 18.3. The number of aryl methyl sites for hydroxylation is 1. The molecule has 0 amide bonds. The summed E-state index contributed by atoms with van der Waals surface area (Å²) in [5.74, 6) is 0.770. The van der Waals surface area contributed by atoms with Gasteiger partial charge in [-0.05, 0) is 55.0 Å². The van der Waals surface area contributed by atoms with Gasteiger partial charge in [-0.2, -0.15) is 9.94 Å². The summed E-state index contributed by atoms with van der Waals surface area (Å²) in [6, 6.07) is 16.4. The third kappa shape index (κ3) is 2.70. The number of nitriles is 1. The van der Waals surface area contributed by atoms with Crippen molar-refractivity contribution in [3.05, 3.63) is 59.2 Å². The first kappa shape index (κ1) is 16.8. The topological polar surface area (TPSA) is 92.5 Å². The number of hydrogen-bond acceptors (Lipinski definition) is 6. The third-order valence-electron chi connectivity index (χ3n) is 5.15. The molecule has 1 aliphatic rings. The second kappa shape index (κ2) is 6.66. The van der Waals surface area contributed by atoms with E-state index in [9.17, 15) is 5.26 Å². The van der Waals surface area contributed by atoms with Crippen molar-refractivity contribution >= 4 is 38.9 Å². The molecule has 3 N–H and O–H groups in total. The van der Waals surface area contributed by atoms with E-state index in [0.717, 1.165) is 28.7 Å². The monoisotopic (exact) mass is 386 g/mol. The van der Waals surface area contributed by atoms with Gasteiger partial charge >= 0.3 is 0 Å². The van der Waals surface area contributed by atoms with Crippen LogP contribution in [-0.2, 0) is 12.8 Å². The number of para-hydroxylation sites is 1. The van der Waals surface area contributed by atoms with Gasteiger partial charge in [0.15, 0.2) is 5.82 Å². The van der Waals surface area contributed by atoms with E-state index in [-0.39, 0.29) is 0 Å². The highest BCUT2D eigenvalue weighted by atomic mass is 32.1. The van der Waals surface area contributed by atoms with Crippen LogP contribution in [0.4, 0.5) is 17.3 Å². The van der Waals surface area contributed by atoms with Crippen molar-refractivity contribution in [2.75, 3.05) is 11.1 Å². The number of aromatic nitrogens is 3. The molecule has 6 nitrogen and oxygen atoms in total. The fourth-order valence-corrected chi connectivity index (χ4v) is 4.68. The molecule has 2 aromatic carbocycles. The molecule has 0 bridgehead atoms. The number of benzene rings is 2. The lowest BCUT2D eigenvalue weighted by Crippen LogP contribution is -2.06. The molecule has 0 radical (unpaired) electrons. The van der Waals surface area contributed by atoms with E-state index in [0.29, 0.717) is 22.3 Å². The Hall–Kier alpha value is -3.37. The van der Waals surface area contributed by atoms with Crippen LogP contribution in [0.3, 0.4) is 0 Å². The minimum absolute atomic E-state index is 0.300. The van der Waals surface area contributed by atoms with Crippen LogP contribution in [0.1, 0.15) is 29.5 Å². The van der Waals surface area contributed by atoms with Crippen molar-refractivity contribution in [1.82, 2.24) is 14.8 Å². The van der Waals surface area contributed by atoms with Gasteiger partial charge in [-0.3, -0.25) is 0 Å². The van der Waals surface area contributed by atoms with Crippen LogP contribution in [0.25, 0.3) is 15.3 Å². The fraction of sp³-hybridized carbons (Fsp3) is 0.190. The van der Waals surface area contributed by atoms with E-state index in [1.165, 1.54) is 35.3 Å². The number of nitrogens with zero attached hydrogens (tertiary/aromatic N) is 4. The van der Waals surface area contributed by atoms with Crippen LogP contribution in [-0.4, -0.2) is 14.8 Å². The molecular weight excluding hydrogens is 368 g/mol. The lowest BCUT2D eigenvalue weighted by Gasteiger charge is -2.19. The largest absolute Gasteiger partial charge is 0.382 e. The average Bonchev–Trinajstić information content (AvgIpc) is 3.29. The molecule has 28 heavy (non-hydrogen) atoms. The van der Waals surface area contributed by atoms with Crippen LogP contribution in [0.2, 0.25) is 0 Å². The molecule has 0 aliphatic heterocycles. The van der Waals surface area contributed by atoms with Crippen molar-refractivity contribution in [3.8, 4) is 11.2 Å². The summed E-state index contributed by atoms with van der Waals surface area (Å²) < 4.78 is 2.61. The van der Waals surface area contributed by atoms with Crippen molar-refractivity contribution in [2.24, 2.45) is 0 Å². The SMILES string of the molecule is N#Cc1c(Nc2cccc3c2CCCC3)nn(-c2nc3ccccc3s2)c1N. The second-order valence-electron chi connectivity index (χ2n) is 6.87. The normalized spacial score (nSPS) is 13.2. The minimum Gasteiger partial charge on any atom is -0.382 e. The smallest absolute Gasteiger partial charge is 0.213 e. The summed E-state index contributed by atoms with van der Waals surface area (Å²) in [5.41, 5.74) is 11.2. The Kier molecular flexibility index (Phi) is 3.99. The van der Waals surface area contributed by atoms with Crippen LogP contribution in [0, 0.1) is 11.3 Å². The van der Waals surface area contributed by atoms with E-state index in [4.69, 9.17) is 5.73 Å². The van der Waals surface area contributed by atoms with E-state index in [1.807, 2.05) is 36.4 Å². The van der Waals surface area contributed by atoms with E-state index < -0.39 is 0 Å². The Morgan fingerprint density at radius 2 is 1.96 bits per heavy atom. The number of nitrogen functional groups attached to an aromatic ring is 1. The maximum absolute atomic E-state index is 9.68. The molecule has 0 atom stereocenters. The molecule has 2 aromatic heterocycles. The van der Waals surface area contributed by atoms with Gasteiger partial charge in [0.2, 0.25) is 5.13 Å². The number of nitrogens with two attached hydrogens (primary N) is 1. The van der Waals surface area contributed by atoms with Gasteiger partial charge < -0.3 is 11.1 Å². The van der Waals surface area contributed by atoms with Gasteiger partial charge in [0.1, 0.15) is 17.5 Å². The quantitative estimate of drug-likeness (QED) is 0.538. The first-order chi connectivity index (χ1) is 13.7. The number of fused-ring (bicyclic) bond motifs is 2. The summed E-state index contributed by atoms with van der Waals surface area (Å²) in [6.45, 7) is 0. The zero-order valence-corrected chi connectivity index (χ0v) is 16.0. The summed E-state index contributed by atoms with van der Waals surface area (Å²) in [4.78, 5) is 4.61. The van der Waals surface area contributed by atoms with Gasteiger partial charge in [0, 0.05) is 5.69 Å². The van der Waals surface area contributed by atoms with E-state index >= 15 is 0 Å². The molecule has 2 heterocycles. The minimum atomic E-state index is 0.300. The molecule has 0 saturated carbocycles.